The van der Waals surface area contributed by atoms with Crippen molar-refractivity contribution in [2.75, 3.05) is 0 Å². The van der Waals surface area contributed by atoms with Gasteiger partial charge < -0.3 is 0 Å². The SMILES string of the molecule is CCC(CC)c1ccc(Cl)cc1-c1ccc(F)cc1. The molecule has 0 N–H and O–H groups in total. The number of benzene rings is 2. The quantitative estimate of drug-likeness (QED) is 0.638. The van der Waals surface area contributed by atoms with Gasteiger partial charge in [0.2, 0.25) is 0 Å². The molecule has 0 saturated carbocycles. The highest BCUT2D eigenvalue weighted by Gasteiger charge is 2.13. The van der Waals surface area contributed by atoms with E-state index in [1.54, 1.807) is 0 Å². The van der Waals surface area contributed by atoms with Crippen LogP contribution in [0.3, 0.4) is 0 Å². The summed E-state index contributed by atoms with van der Waals surface area (Å²) in [5, 5.41) is 0.717. The molecule has 0 spiro atoms. The van der Waals surface area contributed by atoms with Crippen LogP contribution in [0.4, 0.5) is 4.39 Å². The highest BCUT2D eigenvalue weighted by atomic mass is 35.5. The molecule has 19 heavy (non-hydrogen) atoms. The number of rotatable bonds is 4. The maximum atomic E-state index is 13.0. The van der Waals surface area contributed by atoms with Gasteiger partial charge in [0.15, 0.2) is 0 Å². The Morgan fingerprint density at radius 3 is 2.21 bits per heavy atom. The van der Waals surface area contributed by atoms with Gasteiger partial charge in [0.05, 0.1) is 0 Å². The van der Waals surface area contributed by atoms with E-state index in [0.717, 1.165) is 24.0 Å². The van der Waals surface area contributed by atoms with Crippen LogP contribution in [0.1, 0.15) is 38.2 Å². The fraction of sp³-hybridized carbons (Fsp3) is 0.294. The highest BCUT2D eigenvalue weighted by Crippen LogP contribution is 2.34. The Kier molecular flexibility index (Phi) is 4.60. The average Bonchev–Trinajstić information content (AvgIpc) is 2.42. The summed E-state index contributed by atoms with van der Waals surface area (Å²) >= 11 is 6.11. The smallest absolute Gasteiger partial charge is 0.123 e. The molecule has 2 aromatic carbocycles. The van der Waals surface area contributed by atoms with Crippen LogP contribution in [0.15, 0.2) is 42.5 Å². The second-order valence-corrected chi connectivity index (χ2v) is 5.19. The Hall–Kier alpha value is -1.34. The molecule has 2 aromatic rings. The van der Waals surface area contributed by atoms with Crippen molar-refractivity contribution in [3.05, 3.63) is 58.9 Å². The van der Waals surface area contributed by atoms with E-state index in [0.29, 0.717) is 10.9 Å². The second-order valence-electron chi connectivity index (χ2n) is 4.75. The first-order chi connectivity index (χ1) is 9.15. The van der Waals surface area contributed by atoms with Gasteiger partial charge in [-0.25, -0.2) is 4.39 Å². The van der Waals surface area contributed by atoms with Crippen LogP contribution >= 0.6 is 11.6 Å². The normalized spacial score (nSPS) is 11.0. The van der Waals surface area contributed by atoms with E-state index in [-0.39, 0.29) is 5.82 Å². The fourth-order valence-corrected chi connectivity index (χ4v) is 2.66. The topological polar surface area (TPSA) is 0 Å². The summed E-state index contributed by atoms with van der Waals surface area (Å²) in [6.45, 7) is 4.38. The predicted octanol–water partition coefficient (Wildman–Crippen LogP) is 6.05. The third-order valence-corrected chi connectivity index (χ3v) is 3.83. The lowest BCUT2D eigenvalue weighted by Crippen LogP contribution is -1.98. The van der Waals surface area contributed by atoms with Gasteiger partial charge in [-0.2, -0.15) is 0 Å². The molecular formula is C17H18ClF. The number of hydrogen-bond donors (Lipinski definition) is 0. The molecule has 0 fully saturated rings. The maximum absolute atomic E-state index is 13.0. The summed E-state index contributed by atoms with van der Waals surface area (Å²) < 4.78 is 13.0. The van der Waals surface area contributed by atoms with Crippen molar-refractivity contribution in [2.24, 2.45) is 0 Å². The molecule has 0 nitrogen and oxygen atoms in total. The van der Waals surface area contributed by atoms with Crippen LogP contribution in [0.2, 0.25) is 5.02 Å². The summed E-state index contributed by atoms with van der Waals surface area (Å²) in [5.74, 6) is 0.298. The molecule has 0 unspecified atom stereocenters. The van der Waals surface area contributed by atoms with Crippen molar-refractivity contribution in [3.63, 3.8) is 0 Å². The van der Waals surface area contributed by atoms with Gasteiger partial charge >= 0.3 is 0 Å². The molecule has 100 valence electrons. The summed E-state index contributed by atoms with van der Waals surface area (Å²) in [4.78, 5) is 0. The van der Waals surface area contributed by atoms with Crippen LogP contribution < -0.4 is 0 Å². The van der Waals surface area contributed by atoms with Crippen LogP contribution in [-0.2, 0) is 0 Å². The van der Waals surface area contributed by atoms with Crippen molar-refractivity contribution in [1.29, 1.82) is 0 Å². The largest absolute Gasteiger partial charge is 0.207 e. The molecule has 0 aromatic heterocycles. The molecule has 0 amide bonds. The average molecular weight is 277 g/mol. The van der Waals surface area contributed by atoms with Crippen molar-refractivity contribution in [1.82, 2.24) is 0 Å². The molecule has 2 heteroatoms. The first kappa shape index (κ1) is 14.1. The molecule has 0 aliphatic carbocycles. The first-order valence-electron chi connectivity index (χ1n) is 6.71. The molecule has 0 saturated heterocycles. The lowest BCUT2D eigenvalue weighted by molar-refractivity contribution is 0.628. The van der Waals surface area contributed by atoms with Crippen molar-refractivity contribution in [2.45, 2.75) is 32.6 Å². The van der Waals surface area contributed by atoms with Gasteiger partial charge in [0, 0.05) is 5.02 Å². The van der Waals surface area contributed by atoms with Crippen molar-refractivity contribution in [3.8, 4) is 11.1 Å². The summed E-state index contributed by atoms with van der Waals surface area (Å²) in [5.41, 5.74) is 3.42. The Labute approximate surface area is 119 Å². The molecule has 2 rings (SSSR count). The van der Waals surface area contributed by atoms with Gasteiger partial charge in [-0.3, -0.25) is 0 Å². The zero-order valence-corrected chi connectivity index (χ0v) is 12.0. The van der Waals surface area contributed by atoms with Gasteiger partial charge in [-0.05, 0) is 59.7 Å². The van der Waals surface area contributed by atoms with E-state index in [2.05, 4.69) is 19.9 Å². The standard InChI is InChI=1S/C17H18ClF/c1-3-12(4-2)16-10-7-14(18)11-17(16)13-5-8-15(19)9-6-13/h5-12H,3-4H2,1-2H3. The van der Waals surface area contributed by atoms with E-state index in [1.165, 1.54) is 17.7 Å². The minimum Gasteiger partial charge on any atom is -0.207 e. The maximum Gasteiger partial charge on any atom is 0.123 e. The van der Waals surface area contributed by atoms with Crippen LogP contribution in [0, 0.1) is 5.82 Å². The molecule has 0 atom stereocenters. The number of hydrogen-bond acceptors (Lipinski definition) is 0. The number of halogens is 2. The van der Waals surface area contributed by atoms with Crippen LogP contribution in [-0.4, -0.2) is 0 Å². The molecule has 0 aliphatic rings. The summed E-state index contributed by atoms with van der Waals surface area (Å²) in [7, 11) is 0. The Balaban J connectivity index is 2.53. The van der Waals surface area contributed by atoms with E-state index in [4.69, 9.17) is 11.6 Å². The Morgan fingerprint density at radius 2 is 1.63 bits per heavy atom. The zero-order chi connectivity index (χ0) is 13.8. The summed E-state index contributed by atoms with van der Waals surface area (Å²) in [6.07, 6.45) is 2.18. The Bertz CT molecular complexity index is 542. The molecular weight excluding hydrogens is 259 g/mol. The third kappa shape index (κ3) is 3.16. The molecule has 0 radical (unpaired) electrons. The molecule has 0 heterocycles. The van der Waals surface area contributed by atoms with E-state index >= 15 is 0 Å². The van der Waals surface area contributed by atoms with E-state index in [9.17, 15) is 4.39 Å². The predicted molar refractivity (Wildman–Crippen MR) is 80.2 cm³/mol. The fourth-order valence-electron chi connectivity index (χ4n) is 2.49. The lowest BCUT2D eigenvalue weighted by atomic mass is 9.87. The van der Waals surface area contributed by atoms with Gasteiger partial charge in [0.1, 0.15) is 5.82 Å². The second kappa shape index (κ2) is 6.21. The van der Waals surface area contributed by atoms with Gasteiger partial charge in [-0.15, -0.1) is 0 Å². The van der Waals surface area contributed by atoms with E-state index in [1.807, 2.05) is 24.3 Å². The van der Waals surface area contributed by atoms with Crippen LogP contribution in [0.5, 0.6) is 0 Å². The van der Waals surface area contributed by atoms with Gasteiger partial charge in [0.25, 0.3) is 0 Å². The minimum atomic E-state index is -0.213. The lowest BCUT2D eigenvalue weighted by Gasteiger charge is -2.18. The summed E-state index contributed by atoms with van der Waals surface area (Å²) in [6, 6.07) is 12.6. The van der Waals surface area contributed by atoms with Crippen molar-refractivity contribution >= 4 is 11.6 Å². The monoisotopic (exact) mass is 276 g/mol. The minimum absolute atomic E-state index is 0.213. The van der Waals surface area contributed by atoms with E-state index < -0.39 is 0 Å². The highest BCUT2D eigenvalue weighted by molar-refractivity contribution is 6.30. The van der Waals surface area contributed by atoms with Crippen LogP contribution in [0.25, 0.3) is 11.1 Å². The first-order valence-corrected chi connectivity index (χ1v) is 7.08. The third-order valence-electron chi connectivity index (χ3n) is 3.60. The van der Waals surface area contributed by atoms with Crippen molar-refractivity contribution < 1.29 is 4.39 Å². The molecule has 0 aliphatic heterocycles. The van der Waals surface area contributed by atoms with Gasteiger partial charge in [-0.1, -0.05) is 43.6 Å². The zero-order valence-electron chi connectivity index (χ0n) is 11.3. The Morgan fingerprint density at radius 1 is 1.00 bits per heavy atom. The molecule has 0 bridgehead atoms.